The summed E-state index contributed by atoms with van der Waals surface area (Å²) in [6, 6.07) is 13.5. The first-order valence-corrected chi connectivity index (χ1v) is 25.6. The van der Waals surface area contributed by atoms with E-state index >= 15 is 0 Å². The number of nitrogens with one attached hydrogen (secondary N) is 4. The minimum atomic E-state index is -1.30. The highest BCUT2D eigenvalue weighted by molar-refractivity contribution is 6.04. The lowest BCUT2D eigenvalue weighted by Gasteiger charge is -2.41. The van der Waals surface area contributed by atoms with E-state index in [0.29, 0.717) is 54.0 Å². The van der Waals surface area contributed by atoms with Gasteiger partial charge in [0.05, 0.1) is 30.2 Å². The van der Waals surface area contributed by atoms with Crippen LogP contribution in [0.4, 0.5) is 20.6 Å². The quantitative estimate of drug-likeness (QED) is 0.0777. The Hall–Kier alpha value is -6.93. The van der Waals surface area contributed by atoms with Gasteiger partial charge in [0.2, 0.25) is 41.9 Å². The molecule has 2 aliphatic heterocycles. The standard InChI is InChI=1S/C56H78FN9O10/c1-34(75-54(6,7)8)29-64(23-22-59-33-67)31-46(69)66-32-56(12,42-21-16-37(25-43(42)66)24-36-14-18-40(57)19-15-36)51(73)60-28-45(68)61-41-20-17-38-27-44(48(58)70)65(30-39(38)26-41)50(72)47(53(3,4)5)62-49(71)35(2)63(13)52(74)76-55(9,10)11/h14-21,25-26,33-35,44,47H,22-24,27-32H2,1-13H3,(H2,58,70)(H,59,67)(H,60,73)(H,61,68)(H,62,71)/t34?,35-,44?,47?,56+/m0/s1. The fraction of sp³-hybridized carbons (Fsp3) is 0.536. The van der Waals surface area contributed by atoms with Crippen LogP contribution in [0.1, 0.15) is 111 Å². The zero-order valence-electron chi connectivity index (χ0n) is 46.4. The SMILES string of the molecule is CC(CN(CCNC=O)CC(=O)N1C[C@@](C)(C(=O)NCC(=O)Nc2ccc3c(c2)CN(C(=O)C(NC(=O)[C@H](C)N(C)C(=O)OC(C)(C)C)C(C)(C)C)C(C(N)=O)C3)c2ccc(Cc3ccc(F)cc3)cc21)OC(C)(C)C. The second-order valence-electron chi connectivity index (χ2n) is 23.2. The first-order chi connectivity index (χ1) is 35.3. The van der Waals surface area contributed by atoms with Crippen molar-refractivity contribution in [3.8, 4) is 0 Å². The van der Waals surface area contributed by atoms with E-state index < -0.39 is 82.3 Å². The van der Waals surface area contributed by atoms with E-state index in [0.717, 1.165) is 16.0 Å². The third kappa shape index (κ3) is 15.8. The molecule has 0 saturated carbocycles. The van der Waals surface area contributed by atoms with Crippen LogP contribution >= 0.6 is 0 Å². The summed E-state index contributed by atoms with van der Waals surface area (Å²) in [6.07, 6.45) is 0.103. The number of nitrogens with two attached hydrogens (primary N) is 1. The van der Waals surface area contributed by atoms with E-state index in [1.807, 2.05) is 44.7 Å². The molecule has 414 valence electrons. The second-order valence-corrected chi connectivity index (χ2v) is 23.2. The average molecular weight is 1060 g/mol. The van der Waals surface area contributed by atoms with E-state index in [1.165, 1.54) is 31.0 Å². The fourth-order valence-electron chi connectivity index (χ4n) is 9.37. The van der Waals surface area contributed by atoms with E-state index in [4.69, 9.17) is 15.2 Å². The van der Waals surface area contributed by atoms with Crippen molar-refractivity contribution >= 4 is 59.3 Å². The van der Waals surface area contributed by atoms with Crippen molar-refractivity contribution in [1.82, 2.24) is 30.7 Å². The number of amides is 8. The molecule has 0 aliphatic carbocycles. The van der Waals surface area contributed by atoms with Crippen LogP contribution in [0.25, 0.3) is 0 Å². The summed E-state index contributed by atoms with van der Waals surface area (Å²) in [4.78, 5) is 113. The number of carbonyl (C=O) groups excluding carboxylic acids is 8. The van der Waals surface area contributed by atoms with Gasteiger partial charge in [0.1, 0.15) is 29.5 Å². The third-order valence-electron chi connectivity index (χ3n) is 13.3. The molecule has 0 saturated heterocycles. The molecule has 6 N–H and O–H groups in total. The Kier molecular flexibility index (Phi) is 19.2. The molecule has 0 aromatic heterocycles. The number of rotatable bonds is 20. The number of anilines is 2. The Morgan fingerprint density at radius 2 is 1.55 bits per heavy atom. The maximum atomic E-state index is 14.5. The highest BCUT2D eigenvalue weighted by atomic mass is 19.1. The molecule has 3 aromatic rings. The first-order valence-electron chi connectivity index (χ1n) is 25.6. The molecule has 0 radical (unpaired) electrons. The summed E-state index contributed by atoms with van der Waals surface area (Å²) < 4.78 is 25.4. The van der Waals surface area contributed by atoms with Gasteiger partial charge in [0.15, 0.2) is 0 Å². The molecule has 3 aromatic carbocycles. The number of carbonyl (C=O) groups is 8. The van der Waals surface area contributed by atoms with Crippen molar-refractivity contribution in [2.24, 2.45) is 11.1 Å². The molecule has 2 aliphatic rings. The molecule has 0 fully saturated rings. The molecular weight excluding hydrogens is 978 g/mol. The molecule has 0 bridgehead atoms. The van der Waals surface area contributed by atoms with Crippen LogP contribution < -0.4 is 31.9 Å². The van der Waals surface area contributed by atoms with Gasteiger partial charge in [-0.05, 0) is 132 Å². The van der Waals surface area contributed by atoms with Gasteiger partial charge in [-0.2, -0.15) is 0 Å². The van der Waals surface area contributed by atoms with Gasteiger partial charge in [-0.3, -0.25) is 43.4 Å². The van der Waals surface area contributed by atoms with Crippen LogP contribution in [-0.2, 0) is 67.8 Å². The highest BCUT2D eigenvalue weighted by Gasteiger charge is 2.47. The number of hydrogen-bond acceptors (Lipinski definition) is 11. The number of benzene rings is 3. The van der Waals surface area contributed by atoms with Crippen LogP contribution in [0.3, 0.4) is 0 Å². The molecule has 0 spiro atoms. The summed E-state index contributed by atoms with van der Waals surface area (Å²) in [7, 11) is 1.42. The number of fused-ring (bicyclic) bond motifs is 2. The van der Waals surface area contributed by atoms with Crippen molar-refractivity contribution in [3.63, 3.8) is 0 Å². The number of hydrogen-bond donors (Lipinski definition) is 5. The fourth-order valence-corrected chi connectivity index (χ4v) is 9.37. The number of primary amides is 1. The van der Waals surface area contributed by atoms with E-state index in [9.17, 15) is 42.7 Å². The summed E-state index contributed by atoms with van der Waals surface area (Å²) in [5.74, 6) is -3.67. The Morgan fingerprint density at radius 1 is 0.895 bits per heavy atom. The molecule has 8 amide bonds. The minimum absolute atomic E-state index is 0.0443. The van der Waals surface area contributed by atoms with Crippen molar-refractivity contribution < 1.29 is 52.2 Å². The predicted octanol–water partition coefficient (Wildman–Crippen LogP) is 4.55. The van der Waals surface area contributed by atoms with Gasteiger partial charge >= 0.3 is 6.09 Å². The highest BCUT2D eigenvalue weighted by Crippen LogP contribution is 2.42. The number of halogens is 1. The molecule has 5 atom stereocenters. The van der Waals surface area contributed by atoms with E-state index in [1.54, 1.807) is 89.8 Å². The Bertz CT molecular complexity index is 2640. The van der Waals surface area contributed by atoms with Gasteiger partial charge in [-0.15, -0.1) is 0 Å². The Labute approximate surface area is 446 Å². The lowest BCUT2D eigenvalue weighted by molar-refractivity contribution is -0.146. The normalized spacial score (nSPS) is 17.6. The third-order valence-corrected chi connectivity index (χ3v) is 13.3. The number of ether oxygens (including phenoxy) is 2. The number of likely N-dealkylation sites (N-methyl/N-ethyl adjacent to an activating group) is 1. The zero-order valence-corrected chi connectivity index (χ0v) is 46.4. The largest absolute Gasteiger partial charge is 0.444 e. The maximum Gasteiger partial charge on any atom is 0.410 e. The Balaban J connectivity index is 1.33. The van der Waals surface area contributed by atoms with E-state index in [-0.39, 0.29) is 50.4 Å². The molecular formula is C56H78FN9O10. The van der Waals surface area contributed by atoms with Crippen LogP contribution in [0.5, 0.6) is 0 Å². The second kappa shape index (κ2) is 24.4. The molecule has 5 rings (SSSR count). The zero-order chi connectivity index (χ0) is 56.7. The lowest BCUT2D eigenvalue weighted by Crippen LogP contribution is -2.61. The van der Waals surface area contributed by atoms with Gasteiger partial charge in [-0.1, -0.05) is 51.1 Å². The van der Waals surface area contributed by atoms with Crippen molar-refractivity contribution in [2.75, 3.05) is 56.5 Å². The van der Waals surface area contributed by atoms with Crippen LogP contribution in [0, 0.1) is 11.2 Å². The monoisotopic (exact) mass is 1060 g/mol. The minimum Gasteiger partial charge on any atom is -0.444 e. The Morgan fingerprint density at radius 3 is 2.16 bits per heavy atom. The molecule has 3 unspecified atom stereocenters. The van der Waals surface area contributed by atoms with Crippen molar-refractivity contribution in [3.05, 3.63) is 94.3 Å². The predicted molar refractivity (Wildman–Crippen MR) is 286 cm³/mol. The van der Waals surface area contributed by atoms with Crippen LogP contribution in [0.2, 0.25) is 0 Å². The van der Waals surface area contributed by atoms with Crippen LogP contribution in [0.15, 0.2) is 60.7 Å². The van der Waals surface area contributed by atoms with E-state index in [2.05, 4.69) is 21.3 Å². The molecule has 76 heavy (non-hydrogen) atoms. The summed E-state index contributed by atoms with van der Waals surface area (Å²) >= 11 is 0. The number of nitrogens with zero attached hydrogens (tertiary/aromatic N) is 4. The maximum absolute atomic E-state index is 14.5. The van der Waals surface area contributed by atoms with Crippen LogP contribution in [-0.4, -0.2) is 144 Å². The van der Waals surface area contributed by atoms with Crippen molar-refractivity contribution in [1.29, 1.82) is 0 Å². The van der Waals surface area contributed by atoms with Gasteiger partial charge < -0.3 is 46.3 Å². The van der Waals surface area contributed by atoms with Gasteiger partial charge in [-0.25, -0.2) is 9.18 Å². The van der Waals surface area contributed by atoms with Crippen molar-refractivity contribution in [2.45, 2.75) is 143 Å². The smallest absolute Gasteiger partial charge is 0.410 e. The van der Waals surface area contributed by atoms with Gasteiger partial charge in [0, 0.05) is 57.6 Å². The van der Waals surface area contributed by atoms with Gasteiger partial charge in [0.25, 0.3) is 0 Å². The first kappa shape index (κ1) is 59.9. The molecule has 2 heterocycles. The topological polar surface area (TPSA) is 242 Å². The molecule has 20 heteroatoms. The summed E-state index contributed by atoms with van der Waals surface area (Å²) in [6.45, 7) is 21.7. The molecule has 19 nitrogen and oxygen atoms in total. The lowest BCUT2D eigenvalue weighted by atomic mass is 9.83. The summed E-state index contributed by atoms with van der Waals surface area (Å²) in [5.41, 5.74) is 6.90. The average Bonchev–Trinajstić information content (AvgIpc) is 3.62. The summed E-state index contributed by atoms with van der Waals surface area (Å²) in [5, 5.41) is 11.1.